The van der Waals surface area contributed by atoms with Crippen molar-refractivity contribution in [2.75, 3.05) is 0 Å². The number of rotatable bonds is 4. The Labute approximate surface area is 68.9 Å². The largest absolute Gasteiger partial charge is 0.387 e. The van der Waals surface area contributed by atoms with Crippen LogP contribution in [0.4, 0.5) is 0 Å². The summed E-state index contributed by atoms with van der Waals surface area (Å²) in [6.07, 6.45) is 4.60. The molecule has 0 heterocycles. The Hall–Kier alpha value is -0.530. The summed E-state index contributed by atoms with van der Waals surface area (Å²) in [5, 5.41) is 0. The SMILES string of the molecule is CCCC(N)=NC1CC1CC. The number of hydrogen-bond acceptors (Lipinski definition) is 1. The van der Waals surface area contributed by atoms with E-state index in [-0.39, 0.29) is 0 Å². The molecule has 1 rings (SSSR count). The second kappa shape index (κ2) is 3.74. The molecule has 2 heteroatoms. The Balaban J connectivity index is 2.24. The normalized spacial score (nSPS) is 30.5. The molecule has 1 fully saturated rings. The summed E-state index contributed by atoms with van der Waals surface area (Å²) in [5.74, 6) is 1.69. The van der Waals surface area contributed by atoms with Gasteiger partial charge in [0.2, 0.25) is 0 Å². The maximum absolute atomic E-state index is 5.69. The van der Waals surface area contributed by atoms with Gasteiger partial charge in [0.15, 0.2) is 0 Å². The minimum atomic E-state index is 0.576. The second-order valence-electron chi connectivity index (χ2n) is 3.34. The van der Waals surface area contributed by atoms with Gasteiger partial charge in [-0.3, -0.25) is 4.99 Å². The molecule has 1 aliphatic carbocycles. The van der Waals surface area contributed by atoms with E-state index in [1.807, 2.05) is 0 Å². The molecule has 0 bridgehead atoms. The summed E-state index contributed by atoms with van der Waals surface area (Å²) in [7, 11) is 0. The Kier molecular flexibility index (Phi) is 2.92. The van der Waals surface area contributed by atoms with Crippen molar-refractivity contribution in [3.63, 3.8) is 0 Å². The summed E-state index contributed by atoms with van der Waals surface area (Å²) in [6.45, 7) is 4.35. The van der Waals surface area contributed by atoms with Gasteiger partial charge in [0.05, 0.1) is 11.9 Å². The third-order valence-corrected chi connectivity index (χ3v) is 2.25. The summed E-state index contributed by atoms with van der Waals surface area (Å²) < 4.78 is 0. The molecule has 0 saturated heterocycles. The van der Waals surface area contributed by atoms with Crippen LogP contribution in [-0.2, 0) is 0 Å². The maximum Gasteiger partial charge on any atom is 0.0940 e. The molecule has 0 radical (unpaired) electrons. The van der Waals surface area contributed by atoms with Gasteiger partial charge in [-0.2, -0.15) is 0 Å². The first-order valence-corrected chi connectivity index (χ1v) is 4.60. The smallest absolute Gasteiger partial charge is 0.0940 e. The van der Waals surface area contributed by atoms with Crippen LogP contribution < -0.4 is 5.73 Å². The fourth-order valence-corrected chi connectivity index (χ4v) is 1.36. The zero-order chi connectivity index (χ0) is 8.27. The van der Waals surface area contributed by atoms with Crippen LogP contribution in [0.5, 0.6) is 0 Å². The molecule has 2 atom stereocenters. The molecule has 0 aromatic rings. The molecule has 64 valence electrons. The standard InChI is InChI=1S/C9H18N2/c1-3-5-9(10)11-8-6-7(8)4-2/h7-8H,3-6H2,1-2H3,(H2,10,11). The van der Waals surface area contributed by atoms with Gasteiger partial charge >= 0.3 is 0 Å². The molecule has 0 aromatic carbocycles. The van der Waals surface area contributed by atoms with Crippen LogP contribution in [-0.4, -0.2) is 11.9 Å². The van der Waals surface area contributed by atoms with Crippen LogP contribution in [0.15, 0.2) is 4.99 Å². The van der Waals surface area contributed by atoms with E-state index >= 15 is 0 Å². The Morgan fingerprint density at radius 2 is 2.27 bits per heavy atom. The first-order valence-electron chi connectivity index (χ1n) is 4.60. The highest BCUT2D eigenvalue weighted by Crippen LogP contribution is 2.36. The molecular formula is C9H18N2. The van der Waals surface area contributed by atoms with Crippen LogP contribution in [0.2, 0.25) is 0 Å². The third kappa shape index (κ3) is 2.52. The average molecular weight is 154 g/mol. The molecule has 0 aromatic heterocycles. The molecule has 0 aliphatic heterocycles. The van der Waals surface area contributed by atoms with Crippen LogP contribution in [0.1, 0.15) is 39.5 Å². The van der Waals surface area contributed by atoms with Crippen molar-refractivity contribution in [3.05, 3.63) is 0 Å². The zero-order valence-electron chi connectivity index (χ0n) is 7.51. The zero-order valence-corrected chi connectivity index (χ0v) is 7.51. The highest BCUT2D eigenvalue weighted by atomic mass is 14.9. The van der Waals surface area contributed by atoms with E-state index in [9.17, 15) is 0 Å². The lowest BCUT2D eigenvalue weighted by Crippen LogP contribution is -2.12. The van der Waals surface area contributed by atoms with E-state index < -0.39 is 0 Å². The Bertz CT molecular complexity index is 152. The summed E-state index contributed by atoms with van der Waals surface area (Å²) in [5.41, 5.74) is 5.69. The quantitative estimate of drug-likeness (QED) is 0.487. The molecule has 2 nitrogen and oxygen atoms in total. The molecule has 11 heavy (non-hydrogen) atoms. The second-order valence-corrected chi connectivity index (χ2v) is 3.34. The van der Waals surface area contributed by atoms with Gasteiger partial charge < -0.3 is 5.73 Å². The van der Waals surface area contributed by atoms with Crippen molar-refractivity contribution in [2.45, 2.75) is 45.6 Å². The highest BCUT2D eigenvalue weighted by molar-refractivity contribution is 5.80. The van der Waals surface area contributed by atoms with Crippen LogP contribution in [0.3, 0.4) is 0 Å². The minimum Gasteiger partial charge on any atom is -0.387 e. The predicted octanol–water partition coefficient (Wildman–Crippen LogP) is 1.94. The fourth-order valence-electron chi connectivity index (χ4n) is 1.36. The topological polar surface area (TPSA) is 38.4 Å². The maximum atomic E-state index is 5.69. The van der Waals surface area contributed by atoms with Gasteiger partial charge in [0.1, 0.15) is 0 Å². The van der Waals surface area contributed by atoms with Crippen molar-refractivity contribution in [2.24, 2.45) is 16.6 Å². The van der Waals surface area contributed by atoms with E-state index in [0.717, 1.165) is 24.6 Å². The van der Waals surface area contributed by atoms with E-state index in [1.54, 1.807) is 0 Å². The van der Waals surface area contributed by atoms with Gasteiger partial charge in [0, 0.05) is 6.42 Å². The lowest BCUT2D eigenvalue weighted by Gasteiger charge is -1.96. The number of aliphatic imine (C=N–C) groups is 1. The van der Waals surface area contributed by atoms with E-state index in [4.69, 9.17) is 5.73 Å². The summed E-state index contributed by atoms with van der Waals surface area (Å²) >= 11 is 0. The van der Waals surface area contributed by atoms with Gasteiger partial charge in [-0.05, 0) is 18.8 Å². The molecule has 1 saturated carbocycles. The van der Waals surface area contributed by atoms with Crippen molar-refractivity contribution < 1.29 is 0 Å². The molecule has 1 aliphatic rings. The number of nitrogens with two attached hydrogens (primary N) is 1. The van der Waals surface area contributed by atoms with E-state index in [2.05, 4.69) is 18.8 Å². The third-order valence-electron chi connectivity index (χ3n) is 2.25. The van der Waals surface area contributed by atoms with Gasteiger partial charge in [0.25, 0.3) is 0 Å². The highest BCUT2D eigenvalue weighted by Gasteiger charge is 2.34. The van der Waals surface area contributed by atoms with E-state index in [0.29, 0.717) is 6.04 Å². The number of nitrogens with zero attached hydrogens (tertiary/aromatic N) is 1. The first kappa shape index (κ1) is 8.57. The van der Waals surface area contributed by atoms with Gasteiger partial charge in [-0.15, -0.1) is 0 Å². The number of hydrogen-bond donors (Lipinski definition) is 1. The average Bonchev–Trinajstić information content (AvgIpc) is 2.68. The van der Waals surface area contributed by atoms with E-state index in [1.165, 1.54) is 12.8 Å². The first-order chi connectivity index (χ1) is 5.27. The molecule has 2 N–H and O–H groups in total. The Morgan fingerprint density at radius 3 is 2.73 bits per heavy atom. The van der Waals surface area contributed by atoms with Gasteiger partial charge in [-0.1, -0.05) is 20.3 Å². The van der Waals surface area contributed by atoms with Crippen molar-refractivity contribution in [3.8, 4) is 0 Å². The molecular weight excluding hydrogens is 136 g/mol. The number of amidine groups is 1. The van der Waals surface area contributed by atoms with Crippen LogP contribution >= 0.6 is 0 Å². The predicted molar refractivity (Wildman–Crippen MR) is 48.7 cm³/mol. The Morgan fingerprint density at radius 1 is 1.55 bits per heavy atom. The van der Waals surface area contributed by atoms with Crippen molar-refractivity contribution in [1.29, 1.82) is 0 Å². The minimum absolute atomic E-state index is 0.576. The van der Waals surface area contributed by atoms with Crippen LogP contribution in [0, 0.1) is 5.92 Å². The summed E-state index contributed by atoms with van der Waals surface area (Å²) in [4.78, 5) is 4.42. The van der Waals surface area contributed by atoms with Crippen molar-refractivity contribution in [1.82, 2.24) is 0 Å². The molecule has 0 spiro atoms. The lowest BCUT2D eigenvalue weighted by atomic mass is 10.3. The summed E-state index contributed by atoms with van der Waals surface area (Å²) in [6, 6.07) is 0.576. The van der Waals surface area contributed by atoms with Gasteiger partial charge in [-0.25, -0.2) is 0 Å². The molecule has 0 amide bonds. The monoisotopic (exact) mass is 154 g/mol. The molecule has 2 unspecified atom stereocenters. The van der Waals surface area contributed by atoms with Crippen LogP contribution in [0.25, 0.3) is 0 Å². The fraction of sp³-hybridized carbons (Fsp3) is 0.889. The van der Waals surface area contributed by atoms with Crippen molar-refractivity contribution >= 4 is 5.84 Å². The lowest BCUT2D eigenvalue weighted by molar-refractivity contribution is 0.757.